The first-order chi connectivity index (χ1) is 15.8. The summed E-state index contributed by atoms with van der Waals surface area (Å²) in [4.78, 5) is 12.5. The Hall–Kier alpha value is -2.03. The van der Waals surface area contributed by atoms with Crippen molar-refractivity contribution in [3.8, 4) is 5.75 Å². The molecule has 0 amide bonds. The highest BCUT2D eigenvalue weighted by Crippen LogP contribution is 2.45. The molecule has 1 aliphatic heterocycles. The molecule has 2 fully saturated rings. The van der Waals surface area contributed by atoms with E-state index in [4.69, 9.17) is 4.74 Å². The molecule has 0 spiro atoms. The second kappa shape index (κ2) is 10.1. The van der Waals surface area contributed by atoms with Gasteiger partial charge in [-0.2, -0.15) is 16.1 Å². The Morgan fingerprint density at radius 3 is 2.36 bits per heavy atom. The molecule has 1 saturated heterocycles. The molecule has 0 unspecified atom stereocenters. The van der Waals surface area contributed by atoms with Gasteiger partial charge in [-0.3, -0.25) is 4.79 Å². The van der Waals surface area contributed by atoms with Gasteiger partial charge in [0.05, 0.1) is 24.0 Å². The second-order valence-corrected chi connectivity index (χ2v) is 12.3. The van der Waals surface area contributed by atoms with Crippen LogP contribution in [0.15, 0.2) is 53.4 Å². The van der Waals surface area contributed by atoms with Crippen LogP contribution in [0.1, 0.15) is 49.3 Å². The third-order valence-electron chi connectivity index (χ3n) is 6.80. The highest BCUT2D eigenvalue weighted by atomic mass is 32.2. The molecule has 2 aliphatic rings. The number of nitrogens with zero attached hydrogens (tertiary/aromatic N) is 1. The van der Waals surface area contributed by atoms with Crippen molar-refractivity contribution in [1.29, 1.82) is 0 Å². The van der Waals surface area contributed by atoms with Gasteiger partial charge in [-0.1, -0.05) is 43.2 Å². The number of hydrogen-bond donors (Lipinski definition) is 1. The summed E-state index contributed by atoms with van der Waals surface area (Å²) in [5.41, 5.74) is 1.51. The predicted molar refractivity (Wildman–Crippen MR) is 130 cm³/mol. The molecule has 8 heteroatoms. The van der Waals surface area contributed by atoms with Crippen LogP contribution in [0.3, 0.4) is 0 Å². The minimum absolute atomic E-state index is 0.0346. The lowest BCUT2D eigenvalue weighted by Crippen LogP contribution is -2.49. The SMILES string of the molecule is COc1ccc([C@@H]2C[C@@H](SC3CCCC3)[C@H](C(=O)O)CN2S(=O)(=O)c2ccccc2C)cc1. The van der Waals surface area contributed by atoms with E-state index in [0.29, 0.717) is 23.0 Å². The fourth-order valence-electron chi connectivity index (χ4n) is 4.97. The van der Waals surface area contributed by atoms with Crippen LogP contribution in [0, 0.1) is 12.8 Å². The van der Waals surface area contributed by atoms with Crippen LogP contribution in [-0.4, -0.2) is 48.0 Å². The Bertz CT molecular complexity index is 1080. The van der Waals surface area contributed by atoms with Gasteiger partial charge in [0.25, 0.3) is 0 Å². The third kappa shape index (κ3) is 5.08. The van der Waals surface area contributed by atoms with Gasteiger partial charge in [0.1, 0.15) is 5.75 Å². The van der Waals surface area contributed by atoms with Crippen LogP contribution in [-0.2, 0) is 14.8 Å². The van der Waals surface area contributed by atoms with E-state index < -0.39 is 28.0 Å². The Morgan fingerprint density at radius 2 is 1.76 bits per heavy atom. The van der Waals surface area contributed by atoms with Crippen molar-refractivity contribution in [1.82, 2.24) is 4.31 Å². The molecular weight excluding hydrogens is 458 g/mol. The molecule has 1 N–H and O–H groups in total. The Labute approximate surface area is 200 Å². The minimum Gasteiger partial charge on any atom is -0.497 e. The predicted octanol–water partition coefficient (Wildman–Crippen LogP) is 4.88. The van der Waals surface area contributed by atoms with E-state index in [2.05, 4.69) is 0 Å². The number of piperidine rings is 1. The van der Waals surface area contributed by atoms with Gasteiger partial charge in [0, 0.05) is 17.0 Å². The zero-order chi connectivity index (χ0) is 23.6. The first-order valence-electron chi connectivity index (χ1n) is 11.4. The maximum atomic E-state index is 13.8. The second-order valence-electron chi connectivity index (χ2n) is 8.89. The molecule has 3 atom stereocenters. The standard InChI is InChI=1S/C25H31NO5S2/c1-17-7-3-6-10-24(17)33(29,30)26-16-21(25(27)28)23(32-20-8-4-5-9-20)15-22(26)18-11-13-19(31-2)14-12-18/h3,6-7,10-14,20-23H,4-5,8-9,15-16H2,1-2H3,(H,27,28)/t21-,22+,23-/m1/s1. The maximum Gasteiger partial charge on any atom is 0.308 e. The van der Waals surface area contributed by atoms with Crippen molar-refractivity contribution in [3.63, 3.8) is 0 Å². The Morgan fingerprint density at radius 1 is 1.09 bits per heavy atom. The molecule has 0 aromatic heterocycles. The Kier molecular flexibility index (Phi) is 7.36. The van der Waals surface area contributed by atoms with E-state index in [1.165, 1.54) is 17.1 Å². The van der Waals surface area contributed by atoms with Gasteiger partial charge in [0.15, 0.2) is 0 Å². The van der Waals surface area contributed by atoms with E-state index in [1.807, 2.05) is 24.3 Å². The van der Waals surface area contributed by atoms with Crippen molar-refractivity contribution >= 4 is 27.8 Å². The van der Waals surface area contributed by atoms with E-state index in [9.17, 15) is 18.3 Å². The van der Waals surface area contributed by atoms with Crippen LogP contribution in [0.5, 0.6) is 5.75 Å². The lowest BCUT2D eigenvalue weighted by Gasteiger charge is -2.42. The summed E-state index contributed by atoms with van der Waals surface area (Å²) in [6.07, 6.45) is 5.03. The van der Waals surface area contributed by atoms with Crippen LogP contribution in [0.25, 0.3) is 0 Å². The van der Waals surface area contributed by atoms with Gasteiger partial charge < -0.3 is 9.84 Å². The van der Waals surface area contributed by atoms with Crippen LogP contribution < -0.4 is 4.74 Å². The van der Waals surface area contributed by atoms with Crippen LogP contribution in [0.4, 0.5) is 0 Å². The molecule has 1 aliphatic carbocycles. The zero-order valence-electron chi connectivity index (χ0n) is 19.0. The number of rotatable bonds is 7. The summed E-state index contributed by atoms with van der Waals surface area (Å²) in [6, 6.07) is 13.9. The first-order valence-corrected chi connectivity index (χ1v) is 13.8. The quantitative estimate of drug-likeness (QED) is 0.597. The van der Waals surface area contributed by atoms with Gasteiger partial charge in [-0.25, -0.2) is 8.42 Å². The Balaban J connectivity index is 1.74. The number of sulfonamides is 1. The van der Waals surface area contributed by atoms with Crippen molar-refractivity contribution in [2.75, 3.05) is 13.7 Å². The molecular formula is C25H31NO5S2. The number of thioether (sulfide) groups is 1. The third-order valence-corrected chi connectivity index (χ3v) is 10.6. The van der Waals surface area contributed by atoms with Crippen molar-refractivity contribution in [2.24, 2.45) is 5.92 Å². The highest BCUT2D eigenvalue weighted by molar-refractivity contribution is 8.00. The molecule has 6 nitrogen and oxygen atoms in total. The van der Waals surface area contributed by atoms with E-state index in [-0.39, 0.29) is 16.7 Å². The van der Waals surface area contributed by atoms with Gasteiger partial charge >= 0.3 is 5.97 Å². The number of aryl methyl sites for hydroxylation is 1. The van der Waals surface area contributed by atoms with Crippen molar-refractivity contribution in [3.05, 3.63) is 59.7 Å². The average Bonchev–Trinajstić information content (AvgIpc) is 3.32. The van der Waals surface area contributed by atoms with E-state index >= 15 is 0 Å². The molecule has 178 valence electrons. The lowest BCUT2D eigenvalue weighted by molar-refractivity contribution is -0.143. The van der Waals surface area contributed by atoms with Crippen LogP contribution >= 0.6 is 11.8 Å². The lowest BCUT2D eigenvalue weighted by atomic mass is 9.90. The molecule has 0 bridgehead atoms. The molecule has 4 rings (SSSR count). The fourth-order valence-corrected chi connectivity index (χ4v) is 8.63. The molecule has 2 aromatic carbocycles. The largest absolute Gasteiger partial charge is 0.497 e. The van der Waals surface area contributed by atoms with Gasteiger partial charge in [0.2, 0.25) is 10.0 Å². The molecule has 33 heavy (non-hydrogen) atoms. The summed E-state index contributed by atoms with van der Waals surface area (Å²) in [5, 5.41) is 10.4. The smallest absolute Gasteiger partial charge is 0.308 e. The summed E-state index contributed by atoms with van der Waals surface area (Å²) in [6.45, 7) is 1.74. The van der Waals surface area contributed by atoms with Gasteiger partial charge in [-0.05, 0) is 55.5 Å². The number of carboxylic acids is 1. The summed E-state index contributed by atoms with van der Waals surface area (Å²) in [7, 11) is -2.30. The molecule has 1 saturated carbocycles. The van der Waals surface area contributed by atoms with Crippen molar-refractivity contribution in [2.45, 2.75) is 60.5 Å². The topological polar surface area (TPSA) is 83.9 Å². The first kappa shape index (κ1) is 24.1. The summed E-state index contributed by atoms with van der Waals surface area (Å²) >= 11 is 1.76. The number of benzene rings is 2. The summed E-state index contributed by atoms with van der Waals surface area (Å²) in [5.74, 6) is -0.976. The maximum absolute atomic E-state index is 13.8. The monoisotopic (exact) mass is 489 g/mol. The molecule has 1 heterocycles. The van der Waals surface area contributed by atoms with Crippen molar-refractivity contribution < 1.29 is 23.1 Å². The number of hydrogen-bond acceptors (Lipinski definition) is 5. The highest BCUT2D eigenvalue weighted by Gasteiger charge is 2.46. The minimum atomic E-state index is -3.89. The van der Waals surface area contributed by atoms with E-state index in [1.54, 1.807) is 50.1 Å². The number of carbonyl (C=O) groups is 1. The normalized spacial score (nSPS) is 24.6. The molecule has 2 aromatic rings. The summed E-state index contributed by atoms with van der Waals surface area (Å²) < 4.78 is 34.4. The number of carboxylic acid groups (broad SMARTS) is 1. The number of methoxy groups -OCH3 is 1. The number of aliphatic carboxylic acids is 1. The fraction of sp³-hybridized carbons (Fsp3) is 0.480. The zero-order valence-corrected chi connectivity index (χ0v) is 20.6. The van der Waals surface area contributed by atoms with Crippen LogP contribution in [0.2, 0.25) is 0 Å². The average molecular weight is 490 g/mol. The molecule has 0 radical (unpaired) electrons. The number of ether oxygens (including phenoxy) is 1. The van der Waals surface area contributed by atoms with Gasteiger partial charge in [-0.15, -0.1) is 0 Å². The van der Waals surface area contributed by atoms with E-state index in [0.717, 1.165) is 18.4 Å².